The van der Waals surface area contributed by atoms with Crippen LogP contribution in [0.4, 0.5) is 10.5 Å². The van der Waals surface area contributed by atoms with Gasteiger partial charge in [0.1, 0.15) is 18.2 Å². The lowest BCUT2D eigenvalue weighted by molar-refractivity contribution is -0.134. The van der Waals surface area contributed by atoms with Gasteiger partial charge in [-0.15, -0.1) is 6.42 Å². The molecule has 1 unspecified atom stereocenters. The maximum absolute atomic E-state index is 13.4. The number of ether oxygens (including phenoxy) is 1. The first-order valence-electron chi connectivity index (χ1n) is 10.3. The van der Waals surface area contributed by atoms with Gasteiger partial charge in [-0.1, -0.05) is 48.2 Å². The lowest BCUT2D eigenvalue weighted by Crippen LogP contribution is -2.44. The van der Waals surface area contributed by atoms with Crippen molar-refractivity contribution in [3.05, 3.63) is 64.2 Å². The standard InChI is InChI=1S/C26H26ClN3O4/c1-7-18-12-14-19(15-13-18)23(24(32)29-22-17(3)10-9-11-20(22)27)30(8-2)21(31)16-28-25(33)34-26(4,5)6/h1-2,9-15,23H,16H2,3-6H3,(H,28,33)(H,29,32). The van der Waals surface area contributed by atoms with Gasteiger partial charge in [0, 0.05) is 11.6 Å². The average molecular weight is 480 g/mol. The van der Waals surface area contributed by atoms with E-state index in [1.54, 1.807) is 70.2 Å². The second kappa shape index (κ2) is 11.3. The maximum atomic E-state index is 13.4. The van der Waals surface area contributed by atoms with E-state index in [1.807, 2.05) is 0 Å². The summed E-state index contributed by atoms with van der Waals surface area (Å²) in [5.41, 5.74) is 1.40. The molecule has 0 aliphatic heterocycles. The van der Waals surface area contributed by atoms with E-state index in [9.17, 15) is 14.4 Å². The zero-order chi connectivity index (χ0) is 25.5. The van der Waals surface area contributed by atoms with Gasteiger partial charge in [-0.05, 0) is 57.0 Å². The van der Waals surface area contributed by atoms with Gasteiger partial charge in [-0.3, -0.25) is 14.5 Å². The Hall–Kier alpha value is -3.94. The van der Waals surface area contributed by atoms with Gasteiger partial charge >= 0.3 is 6.09 Å². The molecule has 0 aliphatic carbocycles. The van der Waals surface area contributed by atoms with Crippen molar-refractivity contribution in [3.8, 4) is 24.8 Å². The highest BCUT2D eigenvalue weighted by Crippen LogP contribution is 2.29. The van der Waals surface area contributed by atoms with Crippen LogP contribution in [0.2, 0.25) is 5.02 Å². The second-order valence-electron chi connectivity index (χ2n) is 8.34. The van der Waals surface area contributed by atoms with Crippen molar-refractivity contribution in [2.75, 3.05) is 11.9 Å². The Morgan fingerprint density at radius 3 is 2.29 bits per heavy atom. The minimum absolute atomic E-state index is 0.333. The van der Waals surface area contributed by atoms with Crippen molar-refractivity contribution in [1.82, 2.24) is 10.2 Å². The van der Waals surface area contributed by atoms with Crippen LogP contribution in [0.25, 0.3) is 0 Å². The van der Waals surface area contributed by atoms with Gasteiger partial charge in [-0.25, -0.2) is 4.79 Å². The molecule has 2 aromatic rings. The summed E-state index contributed by atoms with van der Waals surface area (Å²) in [6.45, 7) is 6.39. The van der Waals surface area contributed by atoms with Crippen LogP contribution in [0.5, 0.6) is 0 Å². The van der Waals surface area contributed by atoms with Gasteiger partial charge in [-0.2, -0.15) is 0 Å². The molecule has 2 aromatic carbocycles. The molecule has 0 spiro atoms. The van der Waals surface area contributed by atoms with Crippen molar-refractivity contribution in [2.24, 2.45) is 0 Å². The molecule has 0 bridgehead atoms. The van der Waals surface area contributed by atoms with E-state index in [0.29, 0.717) is 21.8 Å². The molecular formula is C26H26ClN3O4. The summed E-state index contributed by atoms with van der Waals surface area (Å²) in [4.78, 5) is 39.2. The number of nitrogens with zero attached hydrogens (tertiary/aromatic N) is 1. The predicted molar refractivity (Wildman–Crippen MR) is 132 cm³/mol. The number of carbonyl (C=O) groups is 3. The molecule has 7 nitrogen and oxygen atoms in total. The third-order valence-electron chi connectivity index (χ3n) is 4.56. The number of amides is 3. The number of halogens is 1. The van der Waals surface area contributed by atoms with Crippen LogP contribution >= 0.6 is 11.6 Å². The van der Waals surface area contributed by atoms with Gasteiger partial charge in [0.2, 0.25) is 0 Å². The second-order valence-corrected chi connectivity index (χ2v) is 8.75. The first kappa shape index (κ1) is 26.3. The molecule has 3 amide bonds. The molecule has 0 aliphatic rings. The minimum Gasteiger partial charge on any atom is -0.444 e. The highest BCUT2D eigenvalue weighted by atomic mass is 35.5. The van der Waals surface area contributed by atoms with Crippen LogP contribution in [-0.2, 0) is 14.3 Å². The Bertz CT molecular complexity index is 1130. The number of benzene rings is 2. The number of carbonyl (C=O) groups excluding carboxylic acids is 3. The monoisotopic (exact) mass is 479 g/mol. The van der Waals surface area contributed by atoms with Crippen LogP contribution in [0.1, 0.15) is 43.5 Å². The average Bonchev–Trinajstić information content (AvgIpc) is 2.77. The lowest BCUT2D eigenvalue weighted by atomic mass is 10.0. The smallest absolute Gasteiger partial charge is 0.408 e. The molecule has 34 heavy (non-hydrogen) atoms. The number of nitrogens with one attached hydrogen (secondary N) is 2. The molecule has 0 radical (unpaired) electrons. The molecule has 8 heteroatoms. The third kappa shape index (κ3) is 7.03. The van der Waals surface area contributed by atoms with Crippen molar-refractivity contribution in [3.63, 3.8) is 0 Å². The zero-order valence-electron chi connectivity index (χ0n) is 19.4. The largest absolute Gasteiger partial charge is 0.444 e. The van der Waals surface area contributed by atoms with Crippen molar-refractivity contribution in [1.29, 1.82) is 0 Å². The van der Waals surface area contributed by atoms with Crippen molar-refractivity contribution >= 4 is 35.2 Å². The van der Waals surface area contributed by atoms with E-state index in [-0.39, 0.29) is 0 Å². The number of alkyl carbamates (subject to hydrolysis) is 1. The van der Waals surface area contributed by atoms with Crippen LogP contribution in [-0.4, -0.2) is 35.0 Å². The van der Waals surface area contributed by atoms with Gasteiger partial charge < -0.3 is 15.4 Å². The predicted octanol–water partition coefficient (Wildman–Crippen LogP) is 4.25. The normalized spacial score (nSPS) is 11.4. The summed E-state index contributed by atoms with van der Waals surface area (Å²) in [6, 6.07) is 12.7. The van der Waals surface area contributed by atoms with Crippen LogP contribution < -0.4 is 10.6 Å². The van der Waals surface area contributed by atoms with Crippen molar-refractivity contribution in [2.45, 2.75) is 39.3 Å². The molecule has 176 valence electrons. The van der Waals surface area contributed by atoms with Crippen LogP contribution in [0, 0.1) is 31.7 Å². The summed E-state index contributed by atoms with van der Waals surface area (Å²) in [5.74, 6) is 1.22. The fourth-order valence-corrected chi connectivity index (χ4v) is 3.27. The van der Waals surface area contributed by atoms with Crippen LogP contribution in [0.3, 0.4) is 0 Å². The highest BCUT2D eigenvalue weighted by Gasteiger charge is 2.32. The molecule has 0 fully saturated rings. The van der Waals surface area contributed by atoms with E-state index in [0.717, 1.165) is 10.5 Å². The molecule has 2 N–H and O–H groups in total. The Morgan fingerprint density at radius 1 is 1.12 bits per heavy atom. The van der Waals surface area contributed by atoms with E-state index in [1.165, 1.54) is 0 Å². The Kier molecular flexibility index (Phi) is 8.72. The van der Waals surface area contributed by atoms with E-state index >= 15 is 0 Å². The summed E-state index contributed by atoms with van der Waals surface area (Å²) in [7, 11) is 0. The fourth-order valence-electron chi connectivity index (χ4n) is 3.00. The quantitative estimate of drug-likeness (QED) is 0.479. The summed E-state index contributed by atoms with van der Waals surface area (Å²) in [5, 5.41) is 5.45. The fraction of sp³-hybridized carbons (Fsp3) is 0.269. The number of terminal acetylenes is 2. The highest BCUT2D eigenvalue weighted by molar-refractivity contribution is 6.34. The first-order chi connectivity index (χ1) is 16.0. The Balaban J connectivity index is 2.36. The summed E-state index contributed by atoms with van der Waals surface area (Å²) in [6.07, 6.45) is 10.3. The molecule has 0 saturated heterocycles. The number of aryl methyl sites for hydroxylation is 1. The molecule has 2 rings (SSSR count). The van der Waals surface area contributed by atoms with Crippen LogP contribution in [0.15, 0.2) is 42.5 Å². The molecule has 1 atom stereocenters. The Labute approximate surface area is 204 Å². The lowest BCUT2D eigenvalue weighted by Gasteiger charge is -2.27. The number of para-hydroxylation sites is 1. The molecule has 0 heterocycles. The SMILES string of the molecule is C#Cc1ccc(C(C(=O)Nc2c(C)cccc2Cl)N(C#C)C(=O)CNC(=O)OC(C)(C)C)cc1. The van der Waals surface area contributed by atoms with E-state index < -0.39 is 36.1 Å². The number of anilines is 1. The summed E-state index contributed by atoms with van der Waals surface area (Å²) >= 11 is 6.26. The zero-order valence-corrected chi connectivity index (χ0v) is 20.2. The summed E-state index contributed by atoms with van der Waals surface area (Å²) < 4.78 is 5.14. The van der Waals surface area contributed by atoms with E-state index in [2.05, 4.69) is 22.6 Å². The number of hydrogen-bond acceptors (Lipinski definition) is 4. The number of hydrogen-bond donors (Lipinski definition) is 2. The molecule has 0 saturated carbocycles. The topological polar surface area (TPSA) is 87.7 Å². The maximum Gasteiger partial charge on any atom is 0.408 e. The minimum atomic E-state index is -1.22. The molecular weight excluding hydrogens is 454 g/mol. The van der Waals surface area contributed by atoms with Crippen molar-refractivity contribution < 1.29 is 19.1 Å². The first-order valence-corrected chi connectivity index (χ1v) is 10.7. The van der Waals surface area contributed by atoms with E-state index in [4.69, 9.17) is 29.2 Å². The molecule has 0 aromatic heterocycles. The van der Waals surface area contributed by atoms with Gasteiger partial charge in [0.15, 0.2) is 0 Å². The Morgan fingerprint density at radius 2 is 1.76 bits per heavy atom. The third-order valence-corrected chi connectivity index (χ3v) is 4.88. The van der Waals surface area contributed by atoms with Gasteiger partial charge in [0.25, 0.3) is 11.8 Å². The number of rotatable bonds is 6. The van der Waals surface area contributed by atoms with Gasteiger partial charge in [0.05, 0.1) is 10.7 Å².